The van der Waals surface area contributed by atoms with Crippen molar-refractivity contribution in [3.8, 4) is 5.75 Å². The Kier molecular flexibility index (Phi) is 2.66. The first-order chi connectivity index (χ1) is 7.53. The highest BCUT2D eigenvalue weighted by molar-refractivity contribution is 5.88. The molecular formula is C12H12F2O2. The summed E-state index contributed by atoms with van der Waals surface area (Å²) in [5.41, 5.74) is 0.770. The van der Waals surface area contributed by atoms with Crippen LogP contribution in [0.4, 0.5) is 8.78 Å². The van der Waals surface area contributed by atoms with E-state index in [1.165, 1.54) is 0 Å². The maximum absolute atomic E-state index is 13.0. The first kappa shape index (κ1) is 11.0. The molecular weight excluding hydrogens is 214 g/mol. The Labute approximate surface area is 92.2 Å². The number of methoxy groups -OCH3 is 1. The van der Waals surface area contributed by atoms with E-state index < -0.39 is 11.7 Å². The standard InChI is InChI=1S/C12H12F2O2/c1-16-10-4-2-8(3-5-10)9-6-11(15)12(13,14)7-9/h2-5,9H,6-7H2,1H3. The van der Waals surface area contributed by atoms with Crippen LogP contribution in [0.1, 0.15) is 24.3 Å². The number of halogens is 2. The number of hydrogen-bond donors (Lipinski definition) is 0. The number of rotatable bonds is 2. The van der Waals surface area contributed by atoms with Gasteiger partial charge in [-0.15, -0.1) is 0 Å². The van der Waals surface area contributed by atoms with Crippen LogP contribution < -0.4 is 4.74 Å². The van der Waals surface area contributed by atoms with Gasteiger partial charge in [0, 0.05) is 12.8 Å². The van der Waals surface area contributed by atoms with Gasteiger partial charge in [-0.1, -0.05) is 12.1 Å². The second kappa shape index (κ2) is 3.85. The molecule has 0 aromatic heterocycles. The summed E-state index contributed by atoms with van der Waals surface area (Å²) in [6.45, 7) is 0. The monoisotopic (exact) mass is 226 g/mol. The molecule has 0 amide bonds. The predicted octanol–water partition coefficient (Wildman–Crippen LogP) is 2.78. The molecule has 1 unspecified atom stereocenters. The van der Waals surface area contributed by atoms with Crippen LogP contribution in [-0.4, -0.2) is 18.8 Å². The van der Waals surface area contributed by atoms with Crippen LogP contribution >= 0.6 is 0 Å². The number of carbonyl (C=O) groups is 1. The van der Waals surface area contributed by atoms with Crippen molar-refractivity contribution in [2.45, 2.75) is 24.7 Å². The lowest BCUT2D eigenvalue weighted by atomic mass is 9.97. The molecule has 0 bridgehead atoms. The van der Waals surface area contributed by atoms with Crippen LogP contribution in [0.15, 0.2) is 24.3 Å². The minimum absolute atomic E-state index is 0.0701. The van der Waals surface area contributed by atoms with E-state index in [9.17, 15) is 13.6 Å². The molecule has 1 fully saturated rings. The van der Waals surface area contributed by atoms with Crippen molar-refractivity contribution in [3.05, 3.63) is 29.8 Å². The molecule has 1 aliphatic carbocycles. The summed E-state index contributed by atoms with van der Waals surface area (Å²) >= 11 is 0. The van der Waals surface area contributed by atoms with E-state index in [-0.39, 0.29) is 18.8 Å². The van der Waals surface area contributed by atoms with Crippen LogP contribution in [0.25, 0.3) is 0 Å². The first-order valence-corrected chi connectivity index (χ1v) is 5.08. The van der Waals surface area contributed by atoms with Gasteiger partial charge in [-0.2, -0.15) is 8.78 Å². The summed E-state index contributed by atoms with van der Waals surface area (Å²) in [6, 6.07) is 6.91. The number of Topliss-reactive ketones (excluding diaryl/α,β-unsaturated/α-hetero) is 1. The molecule has 0 N–H and O–H groups in total. The van der Waals surface area contributed by atoms with Gasteiger partial charge in [-0.3, -0.25) is 4.79 Å². The number of carbonyl (C=O) groups excluding carboxylic acids is 1. The Bertz CT molecular complexity index is 398. The Morgan fingerprint density at radius 3 is 2.38 bits per heavy atom. The summed E-state index contributed by atoms with van der Waals surface area (Å²) in [7, 11) is 1.54. The van der Waals surface area contributed by atoms with E-state index in [4.69, 9.17) is 4.74 Å². The molecule has 1 saturated carbocycles. The molecule has 1 aromatic carbocycles. The average Bonchev–Trinajstić information content (AvgIpc) is 2.54. The summed E-state index contributed by atoms with van der Waals surface area (Å²) in [5, 5.41) is 0. The topological polar surface area (TPSA) is 26.3 Å². The zero-order chi connectivity index (χ0) is 11.8. The van der Waals surface area contributed by atoms with Crippen molar-refractivity contribution >= 4 is 5.78 Å². The van der Waals surface area contributed by atoms with E-state index >= 15 is 0 Å². The highest BCUT2D eigenvalue weighted by Gasteiger charge is 2.48. The van der Waals surface area contributed by atoms with Crippen molar-refractivity contribution < 1.29 is 18.3 Å². The Morgan fingerprint density at radius 1 is 1.31 bits per heavy atom. The normalized spacial score (nSPS) is 23.4. The molecule has 0 aliphatic heterocycles. The number of benzene rings is 1. The largest absolute Gasteiger partial charge is 0.497 e. The first-order valence-electron chi connectivity index (χ1n) is 5.08. The third-order valence-electron chi connectivity index (χ3n) is 2.93. The summed E-state index contributed by atoms with van der Waals surface area (Å²) in [4.78, 5) is 11.0. The van der Waals surface area contributed by atoms with Gasteiger partial charge < -0.3 is 4.74 Å². The fraction of sp³-hybridized carbons (Fsp3) is 0.417. The lowest BCUT2D eigenvalue weighted by Gasteiger charge is -2.10. The van der Waals surface area contributed by atoms with Crippen LogP contribution in [-0.2, 0) is 4.79 Å². The lowest BCUT2D eigenvalue weighted by molar-refractivity contribution is -0.138. The molecule has 4 heteroatoms. The molecule has 1 aliphatic rings. The van der Waals surface area contributed by atoms with Crippen molar-refractivity contribution in [3.63, 3.8) is 0 Å². The maximum Gasteiger partial charge on any atom is 0.305 e. The van der Waals surface area contributed by atoms with Crippen LogP contribution in [0.2, 0.25) is 0 Å². The van der Waals surface area contributed by atoms with E-state index in [2.05, 4.69) is 0 Å². The quantitative estimate of drug-likeness (QED) is 0.775. The van der Waals surface area contributed by atoms with E-state index in [1.54, 1.807) is 31.4 Å². The van der Waals surface area contributed by atoms with Gasteiger partial charge in [0.25, 0.3) is 0 Å². The SMILES string of the molecule is COc1ccc(C2CC(=O)C(F)(F)C2)cc1. The van der Waals surface area contributed by atoms with Gasteiger partial charge in [0.05, 0.1) is 7.11 Å². The molecule has 1 atom stereocenters. The molecule has 0 saturated heterocycles. The number of alkyl halides is 2. The third-order valence-corrected chi connectivity index (χ3v) is 2.93. The van der Waals surface area contributed by atoms with Gasteiger partial charge in [0.15, 0.2) is 0 Å². The van der Waals surface area contributed by atoms with E-state index in [0.29, 0.717) is 5.75 Å². The number of hydrogen-bond acceptors (Lipinski definition) is 2. The molecule has 2 rings (SSSR count). The van der Waals surface area contributed by atoms with Gasteiger partial charge in [0.1, 0.15) is 5.75 Å². The fourth-order valence-corrected chi connectivity index (χ4v) is 1.98. The summed E-state index contributed by atoms with van der Waals surface area (Å²) < 4.78 is 31.1. The lowest BCUT2D eigenvalue weighted by Crippen LogP contribution is -2.20. The number of ether oxygens (including phenoxy) is 1. The zero-order valence-corrected chi connectivity index (χ0v) is 8.87. The molecule has 0 heterocycles. The highest BCUT2D eigenvalue weighted by atomic mass is 19.3. The van der Waals surface area contributed by atoms with E-state index in [0.717, 1.165) is 5.56 Å². The molecule has 1 aromatic rings. The Balaban J connectivity index is 2.17. The zero-order valence-electron chi connectivity index (χ0n) is 8.87. The van der Waals surface area contributed by atoms with Crippen LogP contribution in [0.5, 0.6) is 5.75 Å². The van der Waals surface area contributed by atoms with Crippen molar-refractivity contribution in [1.29, 1.82) is 0 Å². The van der Waals surface area contributed by atoms with Crippen molar-refractivity contribution in [1.82, 2.24) is 0 Å². The third kappa shape index (κ3) is 1.92. The van der Waals surface area contributed by atoms with Crippen LogP contribution in [0, 0.1) is 0 Å². The molecule has 0 spiro atoms. The minimum atomic E-state index is -3.15. The molecule has 2 nitrogen and oxygen atoms in total. The van der Waals surface area contributed by atoms with Gasteiger partial charge >= 0.3 is 5.92 Å². The summed E-state index contributed by atoms with van der Waals surface area (Å²) in [5.74, 6) is -3.79. The maximum atomic E-state index is 13.0. The van der Waals surface area contributed by atoms with Gasteiger partial charge in [-0.25, -0.2) is 0 Å². The fourth-order valence-electron chi connectivity index (χ4n) is 1.98. The van der Waals surface area contributed by atoms with Crippen LogP contribution in [0.3, 0.4) is 0 Å². The van der Waals surface area contributed by atoms with Crippen molar-refractivity contribution in [2.24, 2.45) is 0 Å². The van der Waals surface area contributed by atoms with Gasteiger partial charge in [-0.05, 0) is 23.6 Å². The molecule has 0 radical (unpaired) electrons. The molecule has 16 heavy (non-hydrogen) atoms. The predicted molar refractivity (Wildman–Crippen MR) is 54.9 cm³/mol. The second-order valence-electron chi connectivity index (χ2n) is 4.01. The average molecular weight is 226 g/mol. The minimum Gasteiger partial charge on any atom is -0.497 e. The second-order valence-corrected chi connectivity index (χ2v) is 4.01. The van der Waals surface area contributed by atoms with Crippen molar-refractivity contribution in [2.75, 3.05) is 7.11 Å². The van der Waals surface area contributed by atoms with Gasteiger partial charge in [0.2, 0.25) is 5.78 Å². The summed E-state index contributed by atoms with van der Waals surface area (Å²) in [6.07, 6.45) is -0.447. The van der Waals surface area contributed by atoms with E-state index in [1.807, 2.05) is 0 Å². The highest BCUT2D eigenvalue weighted by Crippen LogP contribution is 2.41. The number of ketones is 1. The Hall–Kier alpha value is -1.45. The smallest absolute Gasteiger partial charge is 0.305 e. The molecule has 86 valence electrons. The Morgan fingerprint density at radius 2 is 1.94 bits per heavy atom.